The van der Waals surface area contributed by atoms with E-state index in [4.69, 9.17) is 11.6 Å². The van der Waals surface area contributed by atoms with Crippen LogP contribution in [0.2, 0.25) is 5.15 Å². The van der Waals surface area contributed by atoms with Gasteiger partial charge in [-0.15, -0.1) is 0 Å². The molecule has 0 unspecified atom stereocenters. The molecule has 0 aliphatic rings. The fraction of sp³-hybridized carbons (Fsp3) is 0.182. The highest BCUT2D eigenvalue weighted by Gasteiger charge is 2.22. The second-order valence-corrected chi connectivity index (χ2v) is 6.91. The summed E-state index contributed by atoms with van der Waals surface area (Å²) < 4.78 is 41.6. The molecule has 0 aliphatic carbocycles. The Kier molecular flexibility index (Phi) is 4.48. The zero-order valence-electron chi connectivity index (χ0n) is 10.3. The molecule has 0 amide bonds. The van der Waals surface area contributed by atoms with Gasteiger partial charge in [-0.3, -0.25) is 0 Å². The minimum atomic E-state index is -3.86. The summed E-state index contributed by atoms with van der Waals surface area (Å²) in [5.74, 6) is -0.446. The van der Waals surface area contributed by atoms with Gasteiger partial charge in [-0.05, 0) is 23.8 Å². The van der Waals surface area contributed by atoms with Crippen LogP contribution < -0.4 is 4.72 Å². The Balaban J connectivity index is 2.22. The summed E-state index contributed by atoms with van der Waals surface area (Å²) in [5, 5.41) is -0.245. The van der Waals surface area contributed by atoms with Crippen molar-refractivity contribution in [1.82, 2.24) is 14.3 Å². The molecule has 0 bridgehead atoms. The molecule has 1 aromatic carbocycles. The number of hydrogen-bond acceptors (Lipinski definition) is 3. The zero-order chi connectivity index (χ0) is 14.9. The maximum atomic E-state index is 13.1. The summed E-state index contributed by atoms with van der Waals surface area (Å²) in [6.45, 7) is -0.0758. The number of imidazole rings is 1. The minimum absolute atomic E-state index is 0.0100. The van der Waals surface area contributed by atoms with Crippen LogP contribution in [0.5, 0.6) is 0 Å². The molecule has 1 N–H and O–H groups in total. The lowest BCUT2D eigenvalue weighted by Gasteiger charge is -2.07. The van der Waals surface area contributed by atoms with Crippen molar-refractivity contribution in [3.63, 3.8) is 0 Å². The predicted molar refractivity (Wildman–Crippen MR) is 76.3 cm³/mol. The molecule has 2 aromatic rings. The van der Waals surface area contributed by atoms with Crippen molar-refractivity contribution in [2.45, 2.75) is 11.6 Å². The number of rotatable bonds is 4. The molecule has 1 heterocycles. The topological polar surface area (TPSA) is 64.0 Å². The van der Waals surface area contributed by atoms with Crippen molar-refractivity contribution < 1.29 is 12.8 Å². The second-order valence-electron chi connectivity index (χ2n) is 4.01. The van der Waals surface area contributed by atoms with Crippen LogP contribution >= 0.6 is 27.5 Å². The molecule has 0 saturated carbocycles. The Hall–Kier alpha value is -0.960. The van der Waals surface area contributed by atoms with Gasteiger partial charge in [0.1, 0.15) is 11.0 Å². The van der Waals surface area contributed by atoms with E-state index in [0.29, 0.717) is 10.0 Å². The van der Waals surface area contributed by atoms with Crippen LogP contribution in [0, 0.1) is 5.82 Å². The Bertz CT molecular complexity index is 748. The SMILES string of the molecule is Cn1cnc(S(=O)(=O)NCc2cc(F)ccc2Br)c1Cl. The number of sulfonamides is 1. The lowest BCUT2D eigenvalue weighted by Crippen LogP contribution is -2.24. The second kappa shape index (κ2) is 5.80. The van der Waals surface area contributed by atoms with Crippen LogP contribution in [-0.2, 0) is 23.6 Å². The maximum absolute atomic E-state index is 13.1. The number of nitrogens with zero attached hydrogens (tertiary/aromatic N) is 2. The minimum Gasteiger partial charge on any atom is -0.324 e. The molecule has 20 heavy (non-hydrogen) atoms. The summed E-state index contributed by atoms with van der Waals surface area (Å²) >= 11 is 9.07. The average Bonchev–Trinajstić information content (AvgIpc) is 2.72. The molecule has 108 valence electrons. The molecule has 5 nitrogen and oxygen atoms in total. The highest BCUT2D eigenvalue weighted by molar-refractivity contribution is 9.10. The molecule has 0 fully saturated rings. The highest BCUT2D eigenvalue weighted by atomic mass is 79.9. The quantitative estimate of drug-likeness (QED) is 0.883. The smallest absolute Gasteiger partial charge is 0.261 e. The van der Waals surface area contributed by atoms with Crippen molar-refractivity contribution in [3.8, 4) is 0 Å². The van der Waals surface area contributed by atoms with Crippen molar-refractivity contribution in [1.29, 1.82) is 0 Å². The van der Waals surface area contributed by atoms with E-state index in [2.05, 4.69) is 25.6 Å². The summed E-state index contributed by atoms with van der Waals surface area (Å²) in [7, 11) is -2.27. The van der Waals surface area contributed by atoms with Gasteiger partial charge in [-0.2, -0.15) is 0 Å². The number of benzene rings is 1. The van der Waals surface area contributed by atoms with Gasteiger partial charge in [0.2, 0.25) is 5.03 Å². The summed E-state index contributed by atoms with van der Waals surface area (Å²) in [4.78, 5) is 3.73. The van der Waals surface area contributed by atoms with E-state index in [-0.39, 0.29) is 16.7 Å². The number of halogens is 3. The van der Waals surface area contributed by atoms with Crippen LogP contribution in [0.15, 0.2) is 34.0 Å². The first-order valence-electron chi connectivity index (χ1n) is 5.41. The van der Waals surface area contributed by atoms with E-state index in [1.165, 1.54) is 29.1 Å². The van der Waals surface area contributed by atoms with E-state index in [9.17, 15) is 12.8 Å². The Morgan fingerprint density at radius 2 is 2.20 bits per heavy atom. The number of aromatic nitrogens is 2. The maximum Gasteiger partial charge on any atom is 0.261 e. The predicted octanol–water partition coefficient (Wildman–Crippen LogP) is 2.45. The fourth-order valence-corrected chi connectivity index (χ4v) is 3.31. The summed E-state index contributed by atoms with van der Waals surface area (Å²) in [6, 6.07) is 4.02. The molecule has 9 heteroatoms. The molecule has 0 atom stereocenters. The van der Waals surface area contributed by atoms with E-state index < -0.39 is 15.8 Å². The van der Waals surface area contributed by atoms with Gasteiger partial charge in [-0.25, -0.2) is 22.5 Å². The third kappa shape index (κ3) is 3.20. The van der Waals surface area contributed by atoms with Crippen LogP contribution in [0.1, 0.15) is 5.56 Å². The lowest BCUT2D eigenvalue weighted by atomic mass is 10.2. The van der Waals surface area contributed by atoms with Gasteiger partial charge in [0.25, 0.3) is 10.0 Å². The number of hydrogen-bond donors (Lipinski definition) is 1. The molecular weight excluding hydrogens is 373 g/mol. The third-order valence-electron chi connectivity index (χ3n) is 2.55. The molecule has 0 spiro atoms. The molecule has 0 radical (unpaired) electrons. The summed E-state index contributed by atoms with van der Waals surface area (Å²) in [5.41, 5.74) is 0.473. The van der Waals surface area contributed by atoms with Crippen molar-refractivity contribution in [3.05, 3.63) is 45.5 Å². The Morgan fingerprint density at radius 3 is 2.80 bits per heavy atom. The monoisotopic (exact) mass is 381 g/mol. The van der Waals surface area contributed by atoms with Gasteiger partial charge >= 0.3 is 0 Å². The summed E-state index contributed by atoms with van der Waals surface area (Å²) in [6.07, 6.45) is 1.30. The molecule has 0 saturated heterocycles. The van der Waals surface area contributed by atoms with Gasteiger partial charge in [0.05, 0.1) is 6.33 Å². The molecule has 0 aliphatic heterocycles. The van der Waals surface area contributed by atoms with Crippen LogP contribution in [-0.4, -0.2) is 18.0 Å². The van der Waals surface area contributed by atoms with Crippen LogP contribution in [0.25, 0.3) is 0 Å². The fourth-order valence-electron chi connectivity index (χ4n) is 1.49. The largest absolute Gasteiger partial charge is 0.324 e. The molecule has 2 rings (SSSR count). The first kappa shape index (κ1) is 15.4. The van der Waals surface area contributed by atoms with Crippen LogP contribution in [0.3, 0.4) is 0 Å². The van der Waals surface area contributed by atoms with Gasteiger partial charge in [0.15, 0.2) is 0 Å². The average molecular weight is 383 g/mol. The van der Waals surface area contributed by atoms with E-state index in [1.807, 2.05) is 0 Å². The normalized spacial score (nSPS) is 11.8. The van der Waals surface area contributed by atoms with E-state index >= 15 is 0 Å². The highest BCUT2D eigenvalue weighted by Crippen LogP contribution is 2.21. The van der Waals surface area contributed by atoms with Gasteiger partial charge in [0, 0.05) is 18.1 Å². The lowest BCUT2D eigenvalue weighted by molar-refractivity contribution is 0.577. The van der Waals surface area contributed by atoms with Gasteiger partial charge < -0.3 is 4.57 Å². The van der Waals surface area contributed by atoms with E-state index in [1.54, 1.807) is 7.05 Å². The Labute approximate surface area is 129 Å². The first-order chi connectivity index (χ1) is 9.31. The van der Waals surface area contributed by atoms with Crippen molar-refractivity contribution >= 4 is 37.6 Å². The van der Waals surface area contributed by atoms with Crippen LogP contribution in [0.4, 0.5) is 4.39 Å². The number of nitrogens with one attached hydrogen (secondary N) is 1. The standard InChI is InChI=1S/C11H10BrClFN3O2S/c1-17-6-15-11(10(17)13)20(18,19)16-5-7-4-8(14)2-3-9(7)12/h2-4,6,16H,5H2,1H3. The number of aryl methyl sites for hydroxylation is 1. The zero-order valence-corrected chi connectivity index (χ0v) is 13.4. The Morgan fingerprint density at radius 1 is 1.50 bits per heavy atom. The van der Waals surface area contributed by atoms with Gasteiger partial charge in [-0.1, -0.05) is 27.5 Å². The molecular formula is C11H10BrClFN3O2S. The van der Waals surface area contributed by atoms with Crippen molar-refractivity contribution in [2.75, 3.05) is 0 Å². The molecule has 1 aromatic heterocycles. The van der Waals surface area contributed by atoms with Crippen molar-refractivity contribution in [2.24, 2.45) is 7.05 Å². The van der Waals surface area contributed by atoms with E-state index in [0.717, 1.165) is 0 Å². The third-order valence-corrected chi connectivity index (χ3v) is 5.21. The first-order valence-corrected chi connectivity index (χ1v) is 8.07.